The average molecular weight is 818 g/mol. The molecule has 0 radical (unpaired) electrons. The lowest BCUT2D eigenvalue weighted by molar-refractivity contribution is 0.669. The molecule has 0 saturated carbocycles. The number of nitrogens with zero attached hydrogens (tertiary/aromatic N) is 1. The second-order valence-corrected chi connectivity index (χ2v) is 16.9. The summed E-state index contributed by atoms with van der Waals surface area (Å²) in [7, 11) is 0. The molecular weight excluding hydrogens is 775 g/mol. The Kier molecular flexibility index (Phi) is 8.98. The molecule has 302 valence electrons. The summed E-state index contributed by atoms with van der Waals surface area (Å²) >= 11 is 0. The summed E-state index contributed by atoms with van der Waals surface area (Å²) in [5.74, 6) is 0. The van der Waals surface area contributed by atoms with E-state index in [0.717, 1.165) is 55.7 Å². The molecule has 0 aliphatic heterocycles. The third kappa shape index (κ3) is 6.02. The minimum absolute atomic E-state index is 0.271. The molecule has 0 fully saturated rings. The maximum atomic E-state index is 6.79. The lowest BCUT2D eigenvalue weighted by atomic mass is 9.74. The van der Waals surface area contributed by atoms with E-state index in [2.05, 4.69) is 248 Å². The van der Waals surface area contributed by atoms with Crippen molar-refractivity contribution in [2.45, 2.75) is 12.3 Å². The predicted octanol–water partition coefficient (Wildman–Crippen LogP) is 17.1. The third-order valence-electron chi connectivity index (χ3n) is 13.4. The van der Waals surface area contributed by atoms with Crippen molar-refractivity contribution in [2.75, 3.05) is 4.90 Å². The number of rotatable bonds is 8. The van der Waals surface area contributed by atoms with Crippen molar-refractivity contribution in [3.8, 4) is 55.6 Å². The van der Waals surface area contributed by atoms with Crippen LogP contribution in [0.3, 0.4) is 0 Å². The topological polar surface area (TPSA) is 16.4 Å². The van der Waals surface area contributed by atoms with Crippen LogP contribution in [-0.4, -0.2) is 0 Å². The highest BCUT2D eigenvalue weighted by Crippen LogP contribution is 2.53. The summed E-state index contributed by atoms with van der Waals surface area (Å²) in [6, 6.07) is 87.8. The zero-order chi connectivity index (χ0) is 42.6. The van der Waals surface area contributed by atoms with Crippen molar-refractivity contribution < 1.29 is 4.42 Å². The molecule has 1 aliphatic carbocycles. The molecule has 1 heterocycles. The van der Waals surface area contributed by atoms with E-state index in [0.29, 0.717) is 0 Å². The Morgan fingerprint density at radius 2 is 0.875 bits per heavy atom. The summed E-state index contributed by atoms with van der Waals surface area (Å²) in [5.41, 5.74) is 20.5. The molecule has 1 unspecified atom stereocenters. The van der Waals surface area contributed by atoms with Gasteiger partial charge in [-0.2, -0.15) is 0 Å². The van der Waals surface area contributed by atoms with Gasteiger partial charge in [0, 0.05) is 27.4 Å². The summed E-state index contributed by atoms with van der Waals surface area (Å²) in [6.07, 6.45) is 0. The Morgan fingerprint density at radius 3 is 1.64 bits per heavy atom. The van der Waals surface area contributed by atoms with Gasteiger partial charge in [0.1, 0.15) is 5.58 Å². The lowest BCUT2D eigenvalue weighted by Gasteiger charge is -2.29. The van der Waals surface area contributed by atoms with E-state index in [9.17, 15) is 0 Å². The van der Waals surface area contributed by atoms with Gasteiger partial charge >= 0.3 is 0 Å². The smallest absolute Gasteiger partial charge is 0.159 e. The fourth-order valence-electron chi connectivity index (χ4n) is 10.3. The van der Waals surface area contributed by atoms with Gasteiger partial charge in [0.2, 0.25) is 0 Å². The van der Waals surface area contributed by atoms with Crippen LogP contribution >= 0.6 is 0 Å². The van der Waals surface area contributed by atoms with Crippen LogP contribution in [0.2, 0.25) is 0 Å². The second kappa shape index (κ2) is 15.3. The minimum atomic E-state index is -0.271. The van der Waals surface area contributed by atoms with Crippen molar-refractivity contribution >= 4 is 39.0 Å². The van der Waals surface area contributed by atoms with Crippen molar-refractivity contribution in [2.24, 2.45) is 0 Å². The fourth-order valence-corrected chi connectivity index (χ4v) is 10.3. The molecule has 2 heteroatoms. The van der Waals surface area contributed by atoms with Gasteiger partial charge in [-0.1, -0.05) is 206 Å². The monoisotopic (exact) mass is 817 g/mol. The standard InChI is InChI=1S/C62H43NO/c1-62(45-21-6-3-7-22-45)56-31-15-12-27-51(56)52-40-37-44(41-57(52)62)42-35-38-46(39-36-42)63(59-33-18-30-55-54-29-14-17-34-60(54)64-61(55)59)58-32-16-13-28-53(58)50-26-11-10-25-49(50)48-24-9-8-23-47(48)43-19-4-2-5-20-43/h2-41H,1H3. The molecule has 0 spiro atoms. The van der Waals surface area contributed by atoms with E-state index in [4.69, 9.17) is 4.42 Å². The Morgan fingerprint density at radius 1 is 0.344 bits per heavy atom. The molecule has 64 heavy (non-hydrogen) atoms. The van der Waals surface area contributed by atoms with Crippen LogP contribution in [0, 0.1) is 0 Å². The van der Waals surface area contributed by atoms with Crippen molar-refractivity contribution in [3.63, 3.8) is 0 Å². The fraction of sp³-hybridized carbons (Fsp3) is 0.0323. The minimum Gasteiger partial charge on any atom is -0.454 e. The average Bonchev–Trinajstić information content (AvgIpc) is 3.88. The number of para-hydroxylation sites is 3. The predicted molar refractivity (Wildman–Crippen MR) is 268 cm³/mol. The number of fused-ring (bicyclic) bond motifs is 6. The van der Waals surface area contributed by atoms with Gasteiger partial charge in [0.25, 0.3) is 0 Å². The van der Waals surface area contributed by atoms with Gasteiger partial charge in [-0.25, -0.2) is 0 Å². The van der Waals surface area contributed by atoms with E-state index in [1.54, 1.807) is 0 Å². The number of anilines is 3. The van der Waals surface area contributed by atoms with Crippen LogP contribution in [0.15, 0.2) is 247 Å². The van der Waals surface area contributed by atoms with Crippen molar-refractivity contribution in [1.82, 2.24) is 0 Å². The summed E-state index contributed by atoms with van der Waals surface area (Å²) in [4.78, 5) is 2.38. The molecule has 1 aromatic heterocycles. The molecule has 1 atom stereocenters. The van der Waals surface area contributed by atoms with Gasteiger partial charge in [0.15, 0.2) is 5.58 Å². The Hall–Kier alpha value is -8.20. The van der Waals surface area contributed by atoms with E-state index in [-0.39, 0.29) is 5.41 Å². The van der Waals surface area contributed by atoms with Gasteiger partial charge in [-0.3, -0.25) is 0 Å². The molecular formula is C62H43NO. The van der Waals surface area contributed by atoms with E-state index in [1.165, 1.54) is 55.6 Å². The third-order valence-corrected chi connectivity index (χ3v) is 13.4. The van der Waals surface area contributed by atoms with Crippen LogP contribution < -0.4 is 4.90 Å². The normalized spacial score (nSPS) is 14.1. The van der Waals surface area contributed by atoms with Crippen LogP contribution in [-0.2, 0) is 5.41 Å². The van der Waals surface area contributed by atoms with Gasteiger partial charge < -0.3 is 9.32 Å². The first-order valence-electron chi connectivity index (χ1n) is 22.1. The Balaban J connectivity index is 1.02. The molecule has 0 N–H and O–H groups in total. The van der Waals surface area contributed by atoms with Gasteiger partial charge in [-0.15, -0.1) is 0 Å². The highest BCUT2D eigenvalue weighted by Gasteiger charge is 2.40. The Labute approximate surface area is 374 Å². The second-order valence-electron chi connectivity index (χ2n) is 16.9. The lowest BCUT2D eigenvalue weighted by Crippen LogP contribution is -2.22. The SMILES string of the molecule is CC1(c2ccccc2)c2ccccc2-c2ccc(-c3ccc(N(c4ccccc4-c4ccccc4-c4ccccc4-c4ccccc4)c4cccc5c4oc4ccccc45)cc3)cc21. The summed E-state index contributed by atoms with van der Waals surface area (Å²) in [6.45, 7) is 2.38. The molecule has 1 aliphatic rings. The molecule has 0 bridgehead atoms. The van der Waals surface area contributed by atoms with Crippen LogP contribution in [0.1, 0.15) is 23.6 Å². The summed E-state index contributed by atoms with van der Waals surface area (Å²) in [5, 5.41) is 2.19. The molecule has 11 aromatic rings. The molecule has 12 rings (SSSR count). The molecule has 2 nitrogen and oxygen atoms in total. The van der Waals surface area contributed by atoms with Crippen LogP contribution in [0.5, 0.6) is 0 Å². The highest BCUT2D eigenvalue weighted by molar-refractivity contribution is 6.11. The molecule has 10 aromatic carbocycles. The van der Waals surface area contributed by atoms with E-state index in [1.807, 2.05) is 6.07 Å². The van der Waals surface area contributed by atoms with E-state index >= 15 is 0 Å². The first-order chi connectivity index (χ1) is 31.6. The zero-order valence-electron chi connectivity index (χ0n) is 35.4. The van der Waals surface area contributed by atoms with Gasteiger partial charge in [0.05, 0.1) is 11.4 Å². The Bertz CT molecular complexity index is 3510. The van der Waals surface area contributed by atoms with Crippen LogP contribution in [0.25, 0.3) is 77.6 Å². The first-order valence-corrected chi connectivity index (χ1v) is 22.1. The number of benzene rings is 10. The maximum absolute atomic E-state index is 6.79. The number of furan rings is 1. The zero-order valence-corrected chi connectivity index (χ0v) is 35.4. The number of hydrogen-bond donors (Lipinski definition) is 0. The van der Waals surface area contributed by atoms with Crippen LogP contribution in [0.4, 0.5) is 17.1 Å². The quantitative estimate of drug-likeness (QED) is 0.152. The van der Waals surface area contributed by atoms with Crippen molar-refractivity contribution in [1.29, 1.82) is 0 Å². The van der Waals surface area contributed by atoms with Gasteiger partial charge in [-0.05, 0) is 110 Å². The largest absolute Gasteiger partial charge is 0.454 e. The highest BCUT2D eigenvalue weighted by atomic mass is 16.3. The maximum Gasteiger partial charge on any atom is 0.159 e. The molecule has 0 amide bonds. The number of hydrogen-bond acceptors (Lipinski definition) is 2. The molecule has 0 saturated heterocycles. The van der Waals surface area contributed by atoms with E-state index < -0.39 is 0 Å². The summed E-state index contributed by atoms with van der Waals surface area (Å²) < 4.78 is 6.79. The van der Waals surface area contributed by atoms with Crippen molar-refractivity contribution in [3.05, 3.63) is 259 Å². The first kappa shape index (κ1) is 37.6.